The van der Waals surface area contributed by atoms with Gasteiger partial charge in [0.15, 0.2) is 5.82 Å². The number of rotatable bonds is 1. The summed E-state index contributed by atoms with van der Waals surface area (Å²) in [5, 5.41) is 3.64. The van der Waals surface area contributed by atoms with Crippen molar-refractivity contribution in [2.24, 2.45) is 0 Å². The maximum Gasteiger partial charge on any atom is 0.451 e. The van der Waals surface area contributed by atoms with Gasteiger partial charge in [0.1, 0.15) is 18.5 Å². The molecule has 0 amide bonds. The summed E-state index contributed by atoms with van der Waals surface area (Å²) in [6, 6.07) is 1.17. The monoisotopic (exact) mass is 230 g/mol. The van der Waals surface area contributed by atoms with E-state index < -0.39 is 12.0 Å². The summed E-state index contributed by atoms with van der Waals surface area (Å²) in [4.78, 5) is 9.98. The zero-order chi connectivity index (χ0) is 11.8. The molecule has 6 nitrogen and oxygen atoms in total. The van der Waals surface area contributed by atoms with E-state index in [9.17, 15) is 13.2 Å². The zero-order valence-corrected chi connectivity index (χ0v) is 7.68. The average molecular weight is 230 g/mol. The van der Waals surface area contributed by atoms with Crippen molar-refractivity contribution < 1.29 is 13.2 Å². The summed E-state index contributed by atoms with van der Waals surface area (Å²) in [5.74, 6) is -1.68. The molecular weight excluding hydrogens is 225 g/mol. The van der Waals surface area contributed by atoms with Crippen LogP contribution in [0, 0.1) is 0 Å². The molecule has 0 aliphatic rings. The van der Waals surface area contributed by atoms with Crippen molar-refractivity contribution >= 4 is 5.82 Å². The molecule has 2 aromatic heterocycles. The highest BCUT2D eigenvalue weighted by molar-refractivity contribution is 5.36. The molecule has 0 fully saturated rings. The summed E-state index contributed by atoms with van der Waals surface area (Å²) in [5.41, 5.74) is 5.25. The van der Waals surface area contributed by atoms with E-state index in [0.29, 0.717) is 0 Å². The number of nitrogens with zero attached hydrogens (tertiary/aromatic N) is 5. The molecule has 0 aromatic carbocycles. The first-order valence-electron chi connectivity index (χ1n) is 4.03. The Bertz CT molecular complexity index is 491. The van der Waals surface area contributed by atoms with Gasteiger partial charge in [-0.2, -0.15) is 18.3 Å². The van der Waals surface area contributed by atoms with Crippen molar-refractivity contribution in [2.45, 2.75) is 6.18 Å². The van der Waals surface area contributed by atoms with Crippen molar-refractivity contribution in [1.29, 1.82) is 0 Å². The lowest BCUT2D eigenvalue weighted by Crippen LogP contribution is -2.14. The van der Waals surface area contributed by atoms with Crippen LogP contribution in [0.25, 0.3) is 5.82 Å². The lowest BCUT2D eigenvalue weighted by molar-refractivity contribution is -0.144. The number of anilines is 1. The van der Waals surface area contributed by atoms with Crippen LogP contribution < -0.4 is 5.73 Å². The van der Waals surface area contributed by atoms with Crippen LogP contribution in [0.2, 0.25) is 0 Å². The molecule has 0 atom stereocenters. The molecule has 2 N–H and O–H groups in total. The summed E-state index contributed by atoms with van der Waals surface area (Å²) in [6.45, 7) is 0. The molecule has 2 heterocycles. The third-order valence-electron chi connectivity index (χ3n) is 1.64. The Labute approximate surface area is 87.0 Å². The van der Waals surface area contributed by atoms with E-state index in [4.69, 9.17) is 5.73 Å². The van der Waals surface area contributed by atoms with Crippen LogP contribution >= 0.6 is 0 Å². The van der Waals surface area contributed by atoms with Crippen molar-refractivity contribution in [1.82, 2.24) is 24.7 Å². The highest BCUT2D eigenvalue weighted by Crippen LogP contribution is 2.27. The number of alkyl halides is 3. The third-order valence-corrected chi connectivity index (χ3v) is 1.64. The van der Waals surface area contributed by atoms with Crippen molar-refractivity contribution in [3.05, 3.63) is 24.5 Å². The van der Waals surface area contributed by atoms with E-state index in [1.54, 1.807) is 0 Å². The van der Waals surface area contributed by atoms with Gasteiger partial charge >= 0.3 is 6.18 Å². The number of aromatic nitrogens is 5. The highest BCUT2D eigenvalue weighted by atomic mass is 19.4. The second kappa shape index (κ2) is 3.43. The molecule has 9 heteroatoms. The van der Waals surface area contributed by atoms with Crippen molar-refractivity contribution in [2.75, 3.05) is 5.73 Å². The predicted molar refractivity (Wildman–Crippen MR) is 46.4 cm³/mol. The Balaban J connectivity index is 2.53. The number of hydrogen-bond donors (Lipinski definition) is 1. The largest absolute Gasteiger partial charge is 0.451 e. The molecule has 0 unspecified atom stereocenters. The van der Waals surface area contributed by atoms with E-state index in [2.05, 4.69) is 20.1 Å². The molecule has 0 aliphatic carbocycles. The zero-order valence-electron chi connectivity index (χ0n) is 7.68. The molecule has 0 aliphatic heterocycles. The topological polar surface area (TPSA) is 82.5 Å². The van der Waals surface area contributed by atoms with E-state index >= 15 is 0 Å². The van der Waals surface area contributed by atoms with Crippen LogP contribution in [0.4, 0.5) is 19.0 Å². The molecule has 16 heavy (non-hydrogen) atoms. The van der Waals surface area contributed by atoms with Crippen molar-refractivity contribution in [3.8, 4) is 5.82 Å². The molecule has 2 rings (SSSR count). The lowest BCUT2D eigenvalue weighted by atomic mass is 10.5. The minimum atomic E-state index is -4.65. The molecular formula is C7H5F3N6. The van der Waals surface area contributed by atoms with Crippen molar-refractivity contribution in [3.63, 3.8) is 0 Å². The molecule has 0 spiro atoms. The molecule has 0 radical (unpaired) electrons. The van der Waals surface area contributed by atoms with Gasteiger partial charge in [-0.05, 0) is 0 Å². The molecule has 84 valence electrons. The van der Waals surface area contributed by atoms with E-state index in [1.807, 2.05) is 0 Å². The summed E-state index contributed by atoms with van der Waals surface area (Å²) < 4.78 is 38.2. The fourth-order valence-corrected chi connectivity index (χ4v) is 1.02. The van der Waals surface area contributed by atoms with Gasteiger partial charge in [-0.1, -0.05) is 0 Å². The standard InChI is InChI=1S/C7H5F3N6/c8-7(9,10)6-14-4(11)1-5(15-6)16-3-12-2-13-16/h1-3H,(H2,11,14,15). The first kappa shape index (κ1) is 10.3. The van der Waals surface area contributed by atoms with Crippen LogP contribution in [0.5, 0.6) is 0 Å². The predicted octanol–water partition coefficient (Wildman–Crippen LogP) is 0.658. The number of nitrogens with two attached hydrogens (primary N) is 1. The van der Waals surface area contributed by atoms with Gasteiger partial charge in [0.2, 0.25) is 5.82 Å². The Kier molecular flexibility index (Phi) is 2.22. The first-order valence-corrected chi connectivity index (χ1v) is 4.03. The van der Waals surface area contributed by atoms with Gasteiger partial charge in [0.25, 0.3) is 0 Å². The Morgan fingerprint density at radius 1 is 1.25 bits per heavy atom. The highest BCUT2D eigenvalue weighted by Gasteiger charge is 2.35. The maximum absolute atomic E-state index is 12.4. The van der Waals surface area contributed by atoms with E-state index in [0.717, 1.165) is 4.68 Å². The fourth-order valence-electron chi connectivity index (χ4n) is 1.02. The molecule has 0 saturated carbocycles. The average Bonchev–Trinajstić information content (AvgIpc) is 2.68. The summed E-state index contributed by atoms with van der Waals surface area (Å²) in [6.07, 6.45) is -2.27. The minimum Gasteiger partial charge on any atom is -0.384 e. The second-order valence-electron chi connectivity index (χ2n) is 2.81. The number of hydrogen-bond acceptors (Lipinski definition) is 5. The summed E-state index contributed by atoms with van der Waals surface area (Å²) in [7, 11) is 0. The van der Waals surface area contributed by atoms with E-state index in [-0.39, 0.29) is 11.6 Å². The Morgan fingerprint density at radius 2 is 2.00 bits per heavy atom. The van der Waals surface area contributed by atoms with Crippen LogP contribution in [-0.2, 0) is 6.18 Å². The summed E-state index contributed by atoms with van der Waals surface area (Å²) >= 11 is 0. The lowest BCUT2D eigenvalue weighted by Gasteiger charge is -2.07. The maximum atomic E-state index is 12.4. The van der Waals surface area contributed by atoms with Crippen LogP contribution in [0.15, 0.2) is 18.7 Å². The van der Waals surface area contributed by atoms with Gasteiger partial charge in [-0.3, -0.25) is 0 Å². The molecule has 2 aromatic rings. The number of nitrogen functional groups attached to an aromatic ring is 1. The fraction of sp³-hybridized carbons (Fsp3) is 0.143. The van der Waals surface area contributed by atoms with Gasteiger partial charge < -0.3 is 5.73 Å². The third kappa shape index (κ3) is 1.92. The minimum absolute atomic E-state index is 0.0858. The second-order valence-corrected chi connectivity index (χ2v) is 2.81. The van der Waals surface area contributed by atoms with Gasteiger partial charge in [0, 0.05) is 6.07 Å². The normalized spacial score (nSPS) is 11.7. The van der Waals surface area contributed by atoms with Gasteiger partial charge in [0.05, 0.1) is 0 Å². The SMILES string of the molecule is Nc1cc(-n2cncn2)nc(C(F)(F)F)n1. The first-order chi connectivity index (χ1) is 7.47. The van der Waals surface area contributed by atoms with Crippen LogP contribution in [0.1, 0.15) is 5.82 Å². The quantitative estimate of drug-likeness (QED) is 0.778. The number of halogens is 3. The van der Waals surface area contributed by atoms with Gasteiger partial charge in [-0.25, -0.2) is 19.6 Å². The van der Waals surface area contributed by atoms with Crippen LogP contribution in [-0.4, -0.2) is 24.7 Å². The Hall–Kier alpha value is -2.19. The smallest absolute Gasteiger partial charge is 0.384 e. The molecule has 0 saturated heterocycles. The van der Waals surface area contributed by atoms with Crippen LogP contribution in [0.3, 0.4) is 0 Å². The molecule has 0 bridgehead atoms. The Morgan fingerprint density at radius 3 is 2.56 bits per heavy atom. The van der Waals surface area contributed by atoms with E-state index in [1.165, 1.54) is 18.7 Å². The van der Waals surface area contributed by atoms with Gasteiger partial charge in [-0.15, -0.1) is 0 Å².